The van der Waals surface area contributed by atoms with Crippen LogP contribution in [0.3, 0.4) is 0 Å². The van der Waals surface area contributed by atoms with E-state index in [4.69, 9.17) is 11.6 Å². The number of halogens is 4. The van der Waals surface area contributed by atoms with Crippen molar-refractivity contribution in [2.45, 2.75) is 25.2 Å². The molecular weight excluding hydrogens is 455 g/mol. The van der Waals surface area contributed by atoms with Crippen LogP contribution in [0.5, 0.6) is 0 Å². The maximum absolute atomic E-state index is 13.1. The Morgan fingerprint density at radius 1 is 1.09 bits per heavy atom. The fourth-order valence-corrected chi connectivity index (χ4v) is 4.97. The normalized spacial score (nSPS) is 21.0. The highest BCUT2D eigenvalue weighted by atomic mass is 35.5. The van der Waals surface area contributed by atoms with Gasteiger partial charge < -0.3 is 9.88 Å². The molecule has 6 nitrogen and oxygen atoms in total. The number of amides is 1. The molecule has 2 aromatic carbocycles. The molecule has 0 bridgehead atoms. The first-order valence-corrected chi connectivity index (χ1v) is 10.9. The molecule has 2 atom stereocenters. The number of benzene rings is 2. The number of β-lactam (4-membered cyclic amide) rings is 1. The molecule has 3 heterocycles. The Morgan fingerprint density at radius 3 is 2.61 bits per heavy atom. The molecule has 1 aliphatic carbocycles. The lowest BCUT2D eigenvalue weighted by atomic mass is 9.78. The fraction of sp³-hybridized carbons (Fsp3) is 0.261. The summed E-state index contributed by atoms with van der Waals surface area (Å²) in [6, 6.07) is 10.6. The molecule has 0 spiro atoms. The molecule has 1 N–H and O–H groups in total. The van der Waals surface area contributed by atoms with Gasteiger partial charge in [0.25, 0.3) is 0 Å². The van der Waals surface area contributed by atoms with Gasteiger partial charge in [-0.1, -0.05) is 23.7 Å². The first-order chi connectivity index (χ1) is 15.8. The highest BCUT2D eigenvalue weighted by Crippen LogP contribution is 2.55. The molecule has 10 heteroatoms. The van der Waals surface area contributed by atoms with Crippen molar-refractivity contribution < 1.29 is 18.0 Å². The Hall–Kier alpha value is -3.33. The van der Waals surface area contributed by atoms with Gasteiger partial charge in [0, 0.05) is 22.5 Å². The lowest BCUT2D eigenvalue weighted by Crippen LogP contribution is -2.56. The Kier molecular flexibility index (Phi) is 4.35. The molecule has 4 aromatic rings. The second-order valence-corrected chi connectivity index (χ2v) is 8.91. The van der Waals surface area contributed by atoms with E-state index >= 15 is 0 Å². The Bertz CT molecular complexity index is 1390. The summed E-state index contributed by atoms with van der Waals surface area (Å²) in [5.41, 5.74) is 4.01. The van der Waals surface area contributed by atoms with Gasteiger partial charge in [-0.15, -0.1) is 13.2 Å². The first kappa shape index (κ1) is 20.3. The van der Waals surface area contributed by atoms with Crippen molar-refractivity contribution >= 4 is 34.2 Å². The number of H-pyrrole nitrogens is 1. The number of aromatic amines is 1. The molecule has 1 aliphatic heterocycles. The minimum Gasteiger partial charge on any atom is -0.345 e. The zero-order valence-corrected chi connectivity index (χ0v) is 17.8. The third kappa shape index (κ3) is 3.30. The van der Waals surface area contributed by atoms with E-state index in [1.807, 2.05) is 18.2 Å². The Labute approximate surface area is 191 Å². The zero-order valence-electron chi connectivity index (χ0n) is 17.1. The van der Waals surface area contributed by atoms with E-state index in [1.165, 1.54) is 0 Å². The molecule has 1 amide bonds. The van der Waals surface area contributed by atoms with Crippen molar-refractivity contribution in [3.8, 4) is 11.1 Å². The average Bonchev–Trinajstić information content (AvgIpc) is 3.25. The number of anilines is 1. The van der Waals surface area contributed by atoms with Crippen molar-refractivity contribution in [2.24, 2.45) is 11.8 Å². The van der Waals surface area contributed by atoms with Crippen LogP contribution in [0.4, 0.5) is 18.9 Å². The summed E-state index contributed by atoms with van der Waals surface area (Å²) in [5.74, 6) is 0.238. The van der Waals surface area contributed by atoms with E-state index in [9.17, 15) is 18.0 Å². The van der Waals surface area contributed by atoms with Crippen LogP contribution in [0.1, 0.15) is 24.4 Å². The molecule has 1 saturated carbocycles. The number of carbonyl (C=O) groups is 1. The monoisotopic (exact) mass is 471 g/mol. The second-order valence-electron chi connectivity index (χ2n) is 8.50. The van der Waals surface area contributed by atoms with Gasteiger partial charge in [0.15, 0.2) is 0 Å². The molecule has 2 fully saturated rings. The van der Waals surface area contributed by atoms with Gasteiger partial charge in [-0.3, -0.25) is 4.79 Å². The summed E-state index contributed by atoms with van der Waals surface area (Å²) in [5, 5.41) is 3.80. The minimum absolute atomic E-state index is 0.0365. The van der Waals surface area contributed by atoms with Gasteiger partial charge in [0.2, 0.25) is 5.91 Å². The average molecular weight is 472 g/mol. The van der Waals surface area contributed by atoms with Gasteiger partial charge in [-0.05, 0) is 54.2 Å². The molecule has 6 rings (SSSR count). The Morgan fingerprint density at radius 2 is 1.91 bits per heavy atom. The quantitative estimate of drug-likeness (QED) is 0.390. The summed E-state index contributed by atoms with van der Waals surface area (Å²) in [6.07, 6.45) is 1.12. The summed E-state index contributed by atoms with van der Waals surface area (Å²) < 4.78 is 38.6. The maximum atomic E-state index is 13.1. The predicted molar refractivity (Wildman–Crippen MR) is 117 cm³/mol. The molecule has 33 heavy (non-hydrogen) atoms. The number of hydrogen-bond acceptors (Lipinski definition) is 3. The van der Waals surface area contributed by atoms with E-state index in [-0.39, 0.29) is 22.5 Å². The molecule has 2 aromatic heterocycles. The summed E-state index contributed by atoms with van der Waals surface area (Å²) in [4.78, 5) is 22.2. The molecule has 2 aliphatic rings. The van der Waals surface area contributed by atoms with Gasteiger partial charge in [0.1, 0.15) is 0 Å². The standard InChI is InChI=1S/C23H17ClF3N5O/c24-17-7-13(14-9-30-31(10-14)23(25,26)27)3-5-16(17)21-20(12-1-2-12)22(33)32(21)15-4-6-18-19(8-15)29-11-28-18/h3-12,20-21H,1-2H2,(H,28,29)/t20?,21-/m0/s1. The number of imidazole rings is 1. The fourth-order valence-electron chi connectivity index (χ4n) is 4.68. The number of fused-ring (bicyclic) bond motifs is 1. The van der Waals surface area contributed by atoms with Crippen LogP contribution in [0.2, 0.25) is 5.02 Å². The smallest absolute Gasteiger partial charge is 0.345 e. The number of hydrogen-bond donors (Lipinski definition) is 1. The van der Waals surface area contributed by atoms with Crippen LogP contribution in [0.15, 0.2) is 55.1 Å². The topological polar surface area (TPSA) is 66.8 Å². The van der Waals surface area contributed by atoms with E-state index in [2.05, 4.69) is 15.1 Å². The molecule has 168 valence electrons. The zero-order chi connectivity index (χ0) is 22.9. The third-order valence-corrected chi connectivity index (χ3v) is 6.77. The number of alkyl halides is 3. The molecule has 1 unspecified atom stereocenters. The lowest BCUT2D eigenvalue weighted by molar-refractivity contribution is -0.212. The SMILES string of the molecule is O=C1C(C2CC2)[C@H](c2ccc(-c3cnn(C(F)(F)F)c3)cc2Cl)N1c1ccc2nc[nH]c2c1. The number of aromatic nitrogens is 4. The number of carbonyl (C=O) groups excluding carboxylic acids is 1. The van der Waals surface area contributed by atoms with Crippen molar-refractivity contribution in [2.75, 3.05) is 4.90 Å². The van der Waals surface area contributed by atoms with E-state index in [0.29, 0.717) is 22.1 Å². The second kappa shape index (κ2) is 7.08. The maximum Gasteiger partial charge on any atom is 0.504 e. The number of rotatable bonds is 4. The highest BCUT2D eigenvalue weighted by Gasteiger charge is 2.55. The molecule has 0 radical (unpaired) electrons. The predicted octanol–water partition coefficient (Wildman–Crippen LogP) is 5.67. The van der Waals surface area contributed by atoms with Gasteiger partial charge in [-0.25, -0.2) is 4.98 Å². The highest BCUT2D eigenvalue weighted by molar-refractivity contribution is 6.32. The largest absolute Gasteiger partial charge is 0.504 e. The van der Waals surface area contributed by atoms with Crippen LogP contribution in [0.25, 0.3) is 22.2 Å². The molecule has 1 saturated heterocycles. The van der Waals surface area contributed by atoms with Crippen molar-refractivity contribution in [3.63, 3.8) is 0 Å². The van der Waals surface area contributed by atoms with Crippen molar-refractivity contribution in [3.05, 3.63) is 65.7 Å². The lowest BCUT2D eigenvalue weighted by Gasteiger charge is -2.48. The molecular formula is C23H17ClF3N5O. The summed E-state index contributed by atoms with van der Waals surface area (Å²) in [6.45, 7) is 0. The van der Waals surface area contributed by atoms with Gasteiger partial charge in [-0.2, -0.15) is 9.78 Å². The van der Waals surface area contributed by atoms with E-state index < -0.39 is 6.30 Å². The Balaban J connectivity index is 1.37. The van der Waals surface area contributed by atoms with Crippen LogP contribution < -0.4 is 4.90 Å². The van der Waals surface area contributed by atoms with Crippen molar-refractivity contribution in [1.29, 1.82) is 0 Å². The van der Waals surface area contributed by atoms with E-state index in [1.54, 1.807) is 29.4 Å². The van der Waals surface area contributed by atoms with E-state index in [0.717, 1.165) is 47.5 Å². The van der Waals surface area contributed by atoms with Gasteiger partial charge in [0.05, 0.1) is 35.5 Å². The van der Waals surface area contributed by atoms with Crippen LogP contribution in [-0.2, 0) is 11.1 Å². The first-order valence-electron chi connectivity index (χ1n) is 10.5. The number of nitrogens with one attached hydrogen (secondary N) is 1. The van der Waals surface area contributed by atoms with Crippen LogP contribution >= 0.6 is 11.6 Å². The minimum atomic E-state index is -4.58. The third-order valence-electron chi connectivity index (χ3n) is 6.45. The van der Waals surface area contributed by atoms with Crippen molar-refractivity contribution in [1.82, 2.24) is 19.7 Å². The van der Waals surface area contributed by atoms with Crippen LogP contribution in [-0.4, -0.2) is 25.7 Å². The van der Waals surface area contributed by atoms with Gasteiger partial charge >= 0.3 is 6.30 Å². The summed E-state index contributed by atoms with van der Waals surface area (Å²) in [7, 11) is 0. The van der Waals surface area contributed by atoms with Crippen LogP contribution in [0, 0.1) is 11.8 Å². The summed E-state index contributed by atoms with van der Waals surface area (Å²) >= 11 is 6.65. The number of nitrogens with zero attached hydrogens (tertiary/aromatic N) is 4.